The summed E-state index contributed by atoms with van der Waals surface area (Å²) in [6, 6.07) is 19.9. The average Bonchev–Trinajstić information content (AvgIpc) is 2.74. The van der Waals surface area contributed by atoms with E-state index in [0.29, 0.717) is 29.1 Å². The van der Waals surface area contributed by atoms with E-state index in [0.717, 1.165) is 16.8 Å². The summed E-state index contributed by atoms with van der Waals surface area (Å²) >= 11 is 0. The molecule has 0 fully saturated rings. The average molecular weight is 390 g/mol. The van der Waals surface area contributed by atoms with Crippen molar-refractivity contribution in [3.8, 4) is 11.1 Å². The van der Waals surface area contributed by atoms with Gasteiger partial charge in [0.1, 0.15) is 12.5 Å². The monoisotopic (exact) mass is 390 g/mol. The number of hydrogen-bond donors (Lipinski definition) is 1. The van der Waals surface area contributed by atoms with Crippen LogP contribution in [0.2, 0.25) is 0 Å². The van der Waals surface area contributed by atoms with Crippen molar-refractivity contribution in [3.63, 3.8) is 0 Å². The van der Waals surface area contributed by atoms with Crippen LogP contribution in [0.1, 0.15) is 0 Å². The van der Waals surface area contributed by atoms with Gasteiger partial charge in [0.05, 0.1) is 5.52 Å². The Balaban J connectivity index is 1.66. The first-order chi connectivity index (χ1) is 14.2. The number of alkyl halides is 1. The Morgan fingerprint density at radius 3 is 2.45 bits per heavy atom. The van der Waals surface area contributed by atoms with Gasteiger partial charge in [-0.25, -0.2) is 18.7 Å². The van der Waals surface area contributed by atoms with Crippen LogP contribution in [0.3, 0.4) is 0 Å². The molecule has 0 radical (unpaired) electrons. The lowest BCUT2D eigenvalue weighted by Crippen LogP contribution is -2.19. The first kappa shape index (κ1) is 18.8. The first-order valence-electron chi connectivity index (χ1n) is 9.30. The third kappa shape index (κ3) is 4.01. The summed E-state index contributed by atoms with van der Waals surface area (Å²) in [5.74, 6) is 0.132. The molecule has 6 heteroatoms. The van der Waals surface area contributed by atoms with Crippen molar-refractivity contribution in [2.45, 2.75) is 0 Å². The summed E-state index contributed by atoms with van der Waals surface area (Å²) in [6.07, 6.45) is 1.72. The van der Waals surface area contributed by atoms with Crippen molar-refractivity contribution in [1.82, 2.24) is 9.97 Å². The van der Waals surface area contributed by atoms with Crippen LogP contribution in [0, 0.1) is 5.82 Å². The van der Waals surface area contributed by atoms with Crippen LogP contribution in [0.4, 0.5) is 26.1 Å². The highest BCUT2D eigenvalue weighted by Gasteiger charge is 2.11. The van der Waals surface area contributed by atoms with E-state index in [1.165, 1.54) is 6.07 Å². The molecule has 1 aromatic heterocycles. The van der Waals surface area contributed by atoms with Crippen LogP contribution in [0.5, 0.6) is 0 Å². The van der Waals surface area contributed by atoms with Gasteiger partial charge >= 0.3 is 0 Å². The molecule has 146 valence electrons. The maximum Gasteiger partial charge on any atom is 0.227 e. The number of nitrogens with one attached hydrogen (secondary N) is 1. The third-order valence-corrected chi connectivity index (χ3v) is 4.76. The molecule has 4 nitrogen and oxygen atoms in total. The smallest absolute Gasteiger partial charge is 0.227 e. The van der Waals surface area contributed by atoms with Crippen LogP contribution in [-0.4, -0.2) is 30.2 Å². The Labute approximate surface area is 167 Å². The topological polar surface area (TPSA) is 41.0 Å². The number of anilines is 3. The summed E-state index contributed by atoms with van der Waals surface area (Å²) in [7, 11) is 1.85. The molecule has 0 atom stereocenters. The Morgan fingerprint density at radius 2 is 1.69 bits per heavy atom. The van der Waals surface area contributed by atoms with Gasteiger partial charge in [0.25, 0.3) is 0 Å². The van der Waals surface area contributed by atoms with Gasteiger partial charge in [0.15, 0.2) is 0 Å². The predicted molar refractivity (Wildman–Crippen MR) is 114 cm³/mol. The van der Waals surface area contributed by atoms with Crippen LogP contribution >= 0.6 is 0 Å². The van der Waals surface area contributed by atoms with E-state index in [1.807, 2.05) is 54.4 Å². The molecular formula is C23H20F2N4. The van der Waals surface area contributed by atoms with Gasteiger partial charge in [-0.1, -0.05) is 36.4 Å². The summed E-state index contributed by atoms with van der Waals surface area (Å²) in [5.41, 5.74) is 3.63. The van der Waals surface area contributed by atoms with Gasteiger partial charge in [-0.2, -0.15) is 0 Å². The molecule has 4 aromatic rings. The summed E-state index contributed by atoms with van der Waals surface area (Å²) in [5, 5.41) is 4.01. The molecule has 0 saturated heterocycles. The van der Waals surface area contributed by atoms with Crippen molar-refractivity contribution in [2.75, 3.05) is 30.5 Å². The highest BCUT2D eigenvalue weighted by molar-refractivity contribution is 5.94. The van der Waals surface area contributed by atoms with Gasteiger partial charge in [0, 0.05) is 47.7 Å². The van der Waals surface area contributed by atoms with E-state index in [-0.39, 0.29) is 5.82 Å². The van der Waals surface area contributed by atoms with Gasteiger partial charge in [-0.3, -0.25) is 0 Å². The number of aromatic nitrogens is 2. The Kier molecular flexibility index (Phi) is 5.33. The van der Waals surface area contributed by atoms with Gasteiger partial charge < -0.3 is 10.2 Å². The number of halogens is 2. The quantitative estimate of drug-likeness (QED) is 0.466. The molecule has 0 amide bonds. The second-order valence-corrected chi connectivity index (χ2v) is 6.70. The number of nitrogens with zero attached hydrogens (tertiary/aromatic N) is 3. The fraction of sp³-hybridized carbons (Fsp3) is 0.130. The minimum atomic E-state index is -0.397. The summed E-state index contributed by atoms with van der Waals surface area (Å²) in [4.78, 5) is 10.8. The van der Waals surface area contributed by atoms with E-state index in [4.69, 9.17) is 0 Å². The van der Waals surface area contributed by atoms with Crippen molar-refractivity contribution >= 4 is 28.2 Å². The zero-order chi connectivity index (χ0) is 20.2. The normalized spacial score (nSPS) is 10.9. The number of hydrogen-bond acceptors (Lipinski definition) is 4. The molecule has 29 heavy (non-hydrogen) atoms. The number of fused-ring (bicyclic) bond motifs is 1. The molecule has 3 aromatic carbocycles. The van der Waals surface area contributed by atoms with Crippen molar-refractivity contribution in [3.05, 3.63) is 78.7 Å². The van der Waals surface area contributed by atoms with E-state index in [2.05, 4.69) is 15.3 Å². The van der Waals surface area contributed by atoms with Crippen LogP contribution in [0.25, 0.3) is 22.0 Å². The van der Waals surface area contributed by atoms with Gasteiger partial charge in [-0.15, -0.1) is 0 Å². The van der Waals surface area contributed by atoms with Crippen molar-refractivity contribution in [2.24, 2.45) is 0 Å². The highest BCUT2D eigenvalue weighted by Crippen LogP contribution is 2.30. The highest BCUT2D eigenvalue weighted by atomic mass is 19.1. The molecule has 1 N–H and O–H groups in total. The zero-order valence-electron chi connectivity index (χ0n) is 15.9. The maximum absolute atomic E-state index is 14.3. The molecule has 0 aliphatic rings. The third-order valence-electron chi connectivity index (χ3n) is 4.76. The lowest BCUT2D eigenvalue weighted by atomic mass is 10.0. The maximum atomic E-state index is 14.3. The predicted octanol–water partition coefficient (Wildman–Crippen LogP) is 5.59. The van der Waals surface area contributed by atoms with Gasteiger partial charge in [0.2, 0.25) is 5.95 Å². The van der Waals surface area contributed by atoms with E-state index >= 15 is 0 Å². The van der Waals surface area contributed by atoms with E-state index < -0.39 is 6.67 Å². The van der Waals surface area contributed by atoms with Crippen LogP contribution in [0.15, 0.2) is 72.9 Å². The molecule has 0 aliphatic heterocycles. The largest absolute Gasteiger partial charge is 0.372 e. The van der Waals surface area contributed by atoms with Crippen molar-refractivity contribution < 1.29 is 8.78 Å². The van der Waals surface area contributed by atoms with Crippen molar-refractivity contribution in [1.29, 1.82) is 0 Å². The van der Waals surface area contributed by atoms with Crippen LogP contribution < -0.4 is 10.2 Å². The fourth-order valence-corrected chi connectivity index (χ4v) is 3.20. The fourth-order valence-electron chi connectivity index (χ4n) is 3.20. The number of para-hydroxylation sites is 1. The Hall–Kier alpha value is -3.54. The lowest BCUT2D eigenvalue weighted by molar-refractivity contribution is 0.497. The summed E-state index contributed by atoms with van der Waals surface area (Å²) in [6.45, 7) is -0.0504. The van der Waals surface area contributed by atoms with Gasteiger partial charge in [-0.05, 0) is 30.3 Å². The standard InChI is InChI=1S/C23H20F2N4/c1-29(14-13-24)18-11-9-17(10-12-18)27-23-26-15-16-5-4-7-20(22(16)28-23)19-6-2-3-8-21(19)25/h2-12,15H,13-14H2,1H3,(H,26,27,28). The minimum Gasteiger partial charge on any atom is -0.372 e. The molecule has 0 saturated carbocycles. The molecule has 4 rings (SSSR count). The number of rotatable bonds is 6. The van der Waals surface area contributed by atoms with E-state index in [1.54, 1.807) is 24.4 Å². The second-order valence-electron chi connectivity index (χ2n) is 6.70. The second kappa shape index (κ2) is 8.22. The molecule has 0 spiro atoms. The van der Waals surface area contributed by atoms with Crippen LogP contribution in [-0.2, 0) is 0 Å². The SMILES string of the molecule is CN(CCF)c1ccc(Nc2ncc3cccc(-c4ccccc4F)c3n2)cc1. The molecule has 0 unspecified atom stereocenters. The zero-order valence-corrected chi connectivity index (χ0v) is 15.9. The molecule has 1 heterocycles. The van der Waals surface area contributed by atoms with E-state index in [9.17, 15) is 8.78 Å². The molecule has 0 aliphatic carbocycles. The first-order valence-corrected chi connectivity index (χ1v) is 9.30. The molecule has 0 bridgehead atoms. The summed E-state index contributed by atoms with van der Waals surface area (Å²) < 4.78 is 26.8. The molecular weight excluding hydrogens is 370 g/mol. The lowest BCUT2D eigenvalue weighted by Gasteiger charge is -2.17. The Bertz CT molecular complexity index is 1130. The Morgan fingerprint density at radius 1 is 0.931 bits per heavy atom. The minimum absolute atomic E-state index is 0.291. The number of benzene rings is 3.